The molecule has 1 fully saturated rings. The second-order valence-electron chi connectivity index (χ2n) is 5.02. The highest BCUT2D eigenvalue weighted by Crippen LogP contribution is 2.23. The minimum atomic E-state index is -0.0994. The van der Waals surface area contributed by atoms with E-state index < -0.39 is 0 Å². The fourth-order valence-corrected chi connectivity index (χ4v) is 2.44. The number of anilines is 1. The van der Waals surface area contributed by atoms with Crippen LogP contribution in [0, 0.1) is 5.92 Å². The van der Waals surface area contributed by atoms with Crippen molar-refractivity contribution in [3.05, 3.63) is 24.0 Å². The Labute approximate surface area is 107 Å². The summed E-state index contributed by atoms with van der Waals surface area (Å²) in [5.41, 5.74) is 3.62. The fraction of sp³-hybridized carbons (Fsp3) is 0.538. The quantitative estimate of drug-likeness (QED) is 0.561. The Morgan fingerprint density at radius 2 is 2.28 bits per heavy atom. The van der Waals surface area contributed by atoms with Crippen LogP contribution < -0.4 is 16.6 Å². The lowest BCUT2D eigenvalue weighted by Gasteiger charge is -2.27. The number of aromatic nitrogens is 1. The van der Waals surface area contributed by atoms with Crippen LogP contribution in [0.5, 0.6) is 0 Å². The van der Waals surface area contributed by atoms with Crippen LogP contribution in [0.1, 0.15) is 43.1 Å². The van der Waals surface area contributed by atoms with Crippen molar-refractivity contribution < 1.29 is 4.79 Å². The number of hydrazine groups is 1. The van der Waals surface area contributed by atoms with Crippen LogP contribution in [0.4, 0.5) is 5.69 Å². The van der Waals surface area contributed by atoms with Gasteiger partial charge in [0.05, 0.1) is 11.9 Å². The van der Waals surface area contributed by atoms with Gasteiger partial charge < -0.3 is 10.7 Å². The number of carbonyl (C=O) groups is 1. The SMILES string of the molecule is CC1CCCC(NC(=O)c2ccc(NN)cn2)C1. The van der Waals surface area contributed by atoms with E-state index in [9.17, 15) is 4.79 Å². The van der Waals surface area contributed by atoms with Crippen LogP contribution in [-0.2, 0) is 0 Å². The van der Waals surface area contributed by atoms with Gasteiger partial charge in [0, 0.05) is 6.04 Å². The summed E-state index contributed by atoms with van der Waals surface area (Å²) < 4.78 is 0. The number of pyridine rings is 1. The van der Waals surface area contributed by atoms with Gasteiger partial charge in [0.2, 0.25) is 0 Å². The topological polar surface area (TPSA) is 80.0 Å². The molecule has 0 bridgehead atoms. The second-order valence-corrected chi connectivity index (χ2v) is 5.02. The normalized spacial score (nSPS) is 23.4. The summed E-state index contributed by atoms with van der Waals surface area (Å²) >= 11 is 0. The number of rotatable bonds is 3. The average Bonchev–Trinajstić information content (AvgIpc) is 2.39. The molecule has 5 heteroatoms. The Morgan fingerprint density at radius 1 is 1.44 bits per heavy atom. The first kappa shape index (κ1) is 12.8. The molecule has 0 aromatic carbocycles. The van der Waals surface area contributed by atoms with E-state index in [1.54, 1.807) is 18.3 Å². The largest absolute Gasteiger partial charge is 0.348 e. The molecule has 4 N–H and O–H groups in total. The van der Waals surface area contributed by atoms with Gasteiger partial charge in [-0.05, 0) is 30.9 Å². The Hall–Kier alpha value is -1.62. The molecule has 98 valence electrons. The van der Waals surface area contributed by atoms with Crippen LogP contribution in [0.3, 0.4) is 0 Å². The Kier molecular flexibility index (Phi) is 4.15. The molecule has 0 saturated heterocycles. The summed E-state index contributed by atoms with van der Waals surface area (Å²) in [4.78, 5) is 16.1. The molecule has 5 nitrogen and oxygen atoms in total. The molecule has 0 aliphatic heterocycles. The molecule has 2 atom stereocenters. The van der Waals surface area contributed by atoms with Crippen LogP contribution in [0.2, 0.25) is 0 Å². The van der Waals surface area contributed by atoms with Crippen molar-refractivity contribution in [1.82, 2.24) is 10.3 Å². The van der Waals surface area contributed by atoms with Crippen LogP contribution in [-0.4, -0.2) is 16.9 Å². The van der Waals surface area contributed by atoms with Crippen LogP contribution >= 0.6 is 0 Å². The third-order valence-corrected chi connectivity index (χ3v) is 3.43. The van der Waals surface area contributed by atoms with E-state index in [4.69, 9.17) is 5.84 Å². The fourth-order valence-electron chi connectivity index (χ4n) is 2.44. The number of nitrogens with two attached hydrogens (primary N) is 1. The molecule has 1 saturated carbocycles. The van der Waals surface area contributed by atoms with Gasteiger partial charge in [-0.15, -0.1) is 0 Å². The van der Waals surface area contributed by atoms with E-state index in [2.05, 4.69) is 22.7 Å². The van der Waals surface area contributed by atoms with Gasteiger partial charge in [0.15, 0.2) is 0 Å². The zero-order valence-corrected chi connectivity index (χ0v) is 10.6. The molecule has 1 heterocycles. The van der Waals surface area contributed by atoms with Gasteiger partial charge in [0.1, 0.15) is 5.69 Å². The highest BCUT2D eigenvalue weighted by Gasteiger charge is 2.21. The van der Waals surface area contributed by atoms with Gasteiger partial charge in [-0.2, -0.15) is 0 Å². The summed E-state index contributed by atoms with van der Waals surface area (Å²) in [6.07, 6.45) is 6.14. The van der Waals surface area contributed by atoms with Crippen molar-refractivity contribution in [2.75, 3.05) is 5.43 Å². The van der Waals surface area contributed by atoms with Gasteiger partial charge in [-0.1, -0.05) is 19.8 Å². The van der Waals surface area contributed by atoms with Crippen molar-refractivity contribution in [2.45, 2.75) is 38.6 Å². The lowest BCUT2D eigenvalue weighted by atomic mass is 9.87. The summed E-state index contributed by atoms with van der Waals surface area (Å²) in [6.45, 7) is 2.23. The highest BCUT2D eigenvalue weighted by atomic mass is 16.1. The van der Waals surface area contributed by atoms with E-state index >= 15 is 0 Å². The lowest BCUT2D eigenvalue weighted by molar-refractivity contribution is 0.0916. The van der Waals surface area contributed by atoms with E-state index in [1.807, 2.05) is 0 Å². The maximum absolute atomic E-state index is 12.0. The Bertz CT molecular complexity index is 404. The average molecular weight is 248 g/mol. The summed E-state index contributed by atoms with van der Waals surface area (Å²) in [6, 6.07) is 3.71. The van der Waals surface area contributed by atoms with Crippen molar-refractivity contribution >= 4 is 11.6 Å². The molecular weight excluding hydrogens is 228 g/mol. The molecule has 1 aromatic rings. The van der Waals surface area contributed by atoms with Gasteiger partial charge in [-0.3, -0.25) is 10.6 Å². The first-order chi connectivity index (χ1) is 8.69. The number of amides is 1. The smallest absolute Gasteiger partial charge is 0.270 e. The minimum Gasteiger partial charge on any atom is -0.348 e. The number of nitrogens with zero attached hydrogens (tertiary/aromatic N) is 1. The third kappa shape index (κ3) is 3.20. The zero-order chi connectivity index (χ0) is 13.0. The number of hydrogen-bond acceptors (Lipinski definition) is 4. The highest BCUT2D eigenvalue weighted by molar-refractivity contribution is 5.92. The first-order valence-electron chi connectivity index (χ1n) is 6.42. The molecule has 2 unspecified atom stereocenters. The minimum absolute atomic E-state index is 0.0994. The third-order valence-electron chi connectivity index (χ3n) is 3.43. The van der Waals surface area contributed by atoms with Crippen molar-refractivity contribution in [3.63, 3.8) is 0 Å². The van der Waals surface area contributed by atoms with Crippen molar-refractivity contribution in [1.29, 1.82) is 0 Å². The monoisotopic (exact) mass is 248 g/mol. The number of hydrogen-bond donors (Lipinski definition) is 3. The lowest BCUT2D eigenvalue weighted by Crippen LogP contribution is -2.38. The van der Waals surface area contributed by atoms with E-state index in [0.717, 1.165) is 12.8 Å². The Balaban J connectivity index is 1.94. The Morgan fingerprint density at radius 3 is 2.89 bits per heavy atom. The van der Waals surface area contributed by atoms with Crippen LogP contribution in [0.15, 0.2) is 18.3 Å². The van der Waals surface area contributed by atoms with Gasteiger partial charge >= 0.3 is 0 Å². The van der Waals surface area contributed by atoms with Gasteiger partial charge in [-0.25, -0.2) is 4.98 Å². The van der Waals surface area contributed by atoms with Crippen molar-refractivity contribution in [2.24, 2.45) is 11.8 Å². The van der Waals surface area contributed by atoms with E-state index in [-0.39, 0.29) is 11.9 Å². The van der Waals surface area contributed by atoms with Crippen molar-refractivity contribution in [3.8, 4) is 0 Å². The molecule has 1 aliphatic rings. The summed E-state index contributed by atoms with van der Waals surface area (Å²) in [5, 5.41) is 3.05. The van der Waals surface area contributed by atoms with Gasteiger partial charge in [0.25, 0.3) is 5.91 Å². The molecule has 1 amide bonds. The second kappa shape index (κ2) is 5.82. The first-order valence-corrected chi connectivity index (χ1v) is 6.42. The molecule has 0 spiro atoms. The van der Waals surface area contributed by atoms with E-state index in [0.29, 0.717) is 17.3 Å². The predicted octanol–water partition coefficient (Wildman–Crippen LogP) is 1.68. The molecule has 1 aliphatic carbocycles. The zero-order valence-electron chi connectivity index (χ0n) is 10.6. The maximum atomic E-state index is 12.0. The summed E-state index contributed by atoms with van der Waals surface area (Å²) in [5.74, 6) is 5.85. The number of carbonyl (C=O) groups excluding carboxylic acids is 1. The molecule has 18 heavy (non-hydrogen) atoms. The molecule has 0 radical (unpaired) electrons. The summed E-state index contributed by atoms with van der Waals surface area (Å²) in [7, 11) is 0. The van der Waals surface area contributed by atoms with Crippen LogP contribution in [0.25, 0.3) is 0 Å². The molecule has 2 rings (SSSR count). The molecular formula is C13H20N4O. The van der Waals surface area contributed by atoms with E-state index in [1.165, 1.54) is 12.8 Å². The number of nitrogen functional groups attached to an aromatic ring is 1. The maximum Gasteiger partial charge on any atom is 0.270 e. The standard InChI is InChI=1S/C13H20N4O/c1-9-3-2-4-10(7-9)16-13(18)12-6-5-11(17-14)8-15-12/h5-6,8-10,17H,2-4,7,14H2,1H3,(H,16,18). The molecule has 1 aromatic heterocycles. The number of nitrogens with one attached hydrogen (secondary N) is 2. The predicted molar refractivity (Wildman–Crippen MR) is 70.9 cm³/mol.